The molecule has 0 saturated heterocycles. The van der Waals surface area contributed by atoms with Crippen LogP contribution in [-0.4, -0.2) is 32.8 Å². The zero-order chi connectivity index (χ0) is 13.9. The Hall–Kier alpha value is -2.76. The van der Waals surface area contributed by atoms with Gasteiger partial charge in [0, 0.05) is 5.39 Å². The first-order valence-electron chi connectivity index (χ1n) is 6.09. The minimum Gasteiger partial charge on any atom is -0.463 e. The van der Waals surface area contributed by atoms with Crippen molar-refractivity contribution in [2.45, 2.75) is 6.54 Å². The topological polar surface area (TPSA) is 69.9 Å². The third kappa shape index (κ3) is 2.35. The smallest absolute Gasteiger partial charge is 0.377 e. The van der Waals surface area contributed by atoms with Gasteiger partial charge < -0.3 is 4.74 Å². The molecule has 6 nitrogen and oxygen atoms in total. The molecular weight excluding hydrogens is 256 g/mol. The molecule has 0 fully saturated rings. The van der Waals surface area contributed by atoms with E-state index in [-0.39, 0.29) is 5.82 Å². The van der Waals surface area contributed by atoms with Gasteiger partial charge in [-0.25, -0.2) is 14.5 Å². The highest BCUT2D eigenvalue weighted by Gasteiger charge is 2.11. The van der Waals surface area contributed by atoms with Gasteiger partial charge in [-0.05, 0) is 12.1 Å². The van der Waals surface area contributed by atoms with Gasteiger partial charge in [0.25, 0.3) is 5.82 Å². The van der Waals surface area contributed by atoms with Crippen molar-refractivity contribution in [3.8, 4) is 0 Å². The molecule has 0 aliphatic heterocycles. The first-order chi connectivity index (χ1) is 9.76. The van der Waals surface area contributed by atoms with E-state index in [1.807, 2.05) is 36.4 Å². The maximum absolute atomic E-state index is 11.3. The Bertz CT molecular complexity index is 766. The molecule has 2 aromatic heterocycles. The van der Waals surface area contributed by atoms with Gasteiger partial charge in [-0.3, -0.25) is 4.98 Å². The molecular formula is C14H12N4O2. The lowest BCUT2D eigenvalue weighted by molar-refractivity contribution is 0.0586. The van der Waals surface area contributed by atoms with Crippen LogP contribution in [0.15, 0.2) is 42.7 Å². The standard InChI is InChI=1S/C14H12N4O2/c1-20-14(19)13-15-9-18(17-13)8-11-7-6-10-4-2-3-5-12(10)16-11/h2-7,9H,8H2,1H3. The number of para-hydroxylation sites is 1. The monoisotopic (exact) mass is 268 g/mol. The number of nitrogens with zero attached hydrogens (tertiary/aromatic N) is 4. The number of hydrogen-bond donors (Lipinski definition) is 0. The van der Waals surface area contributed by atoms with Gasteiger partial charge in [-0.15, -0.1) is 5.10 Å². The Morgan fingerprint density at radius 1 is 1.25 bits per heavy atom. The SMILES string of the molecule is COC(=O)c1ncn(Cc2ccc3ccccc3n2)n1. The molecule has 2 heterocycles. The molecule has 3 rings (SSSR count). The molecule has 100 valence electrons. The summed E-state index contributed by atoms with van der Waals surface area (Å²) in [6, 6.07) is 11.8. The molecule has 0 saturated carbocycles. The fourth-order valence-corrected chi connectivity index (χ4v) is 1.92. The molecule has 3 aromatic rings. The van der Waals surface area contributed by atoms with E-state index in [1.165, 1.54) is 13.4 Å². The maximum atomic E-state index is 11.3. The van der Waals surface area contributed by atoms with Crippen LogP contribution in [0.1, 0.15) is 16.3 Å². The van der Waals surface area contributed by atoms with Crippen LogP contribution in [0.2, 0.25) is 0 Å². The fourth-order valence-electron chi connectivity index (χ4n) is 1.92. The molecule has 20 heavy (non-hydrogen) atoms. The molecule has 0 aliphatic carbocycles. The molecule has 0 radical (unpaired) electrons. The quantitative estimate of drug-likeness (QED) is 0.676. The van der Waals surface area contributed by atoms with Crippen LogP contribution in [-0.2, 0) is 11.3 Å². The van der Waals surface area contributed by atoms with Gasteiger partial charge in [-0.2, -0.15) is 0 Å². The molecule has 0 bridgehead atoms. The van der Waals surface area contributed by atoms with Crippen molar-refractivity contribution in [2.24, 2.45) is 0 Å². The van der Waals surface area contributed by atoms with Crippen LogP contribution in [0.3, 0.4) is 0 Å². The number of methoxy groups -OCH3 is 1. The summed E-state index contributed by atoms with van der Waals surface area (Å²) in [5.41, 5.74) is 1.78. The van der Waals surface area contributed by atoms with Crippen molar-refractivity contribution in [1.29, 1.82) is 0 Å². The molecule has 0 unspecified atom stereocenters. The Labute approximate surface area is 115 Å². The second-order valence-corrected chi connectivity index (χ2v) is 4.25. The number of esters is 1. The van der Waals surface area contributed by atoms with E-state index >= 15 is 0 Å². The summed E-state index contributed by atoms with van der Waals surface area (Å²) < 4.78 is 6.12. The van der Waals surface area contributed by atoms with Crippen LogP contribution >= 0.6 is 0 Å². The number of carbonyl (C=O) groups excluding carboxylic acids is 1. The lowest BCUT2D eigenvalue weighted by atomic mass is 10.2. The predicted molar refractivity (Wildman–Crippen MR) is 72.2 cm³/mol. The van der Waals surface area contributed by atoms with Gasteiger partial charge in [0.15, 0.2) is 0 Å². The molecule has 0 amide bonds. The number of ether oxygens (including phenoxy) is 1. The van der Waals surface area contributed by atoms with Gasteiger partial charge in [-0.1, -0.05) is 24.3 Å². The van der Waals surface area contributed by atoms with E-state index in [2.05, 4.69) is 19.8 Å². The molecule has 6 heteroatoms. The summed E-state index contributed by atoms with van der Waals surface area (Å²) in [7, 11) is 1.30. The Morgan fingerprint density at radius 3 is 2.95 bits per heavy atom. The third-order valence-electron chi connectivity index (χ3n) is 2.88. The number of fused-ring (bicyclic) bond motifs is 1. The van der Waals surface area contributed by atoms with E-state index in [1.54, 1.807) is 4.68 Å². The van der Waals surface area contributed by atoms with Gasteiger partial charge in [0.2, 0.25) is 0 Å². The Balaban J connectivity index is 1.85. The summed E-state index contributed by atoms with van der Waals surface area (Å²) >= 11 is 0. The summed E-state index contributed by atoms with van der Waals surface area (Å²) in [6.07, 6.45) is 1.49. The second-order valence-electron chi connectivity index (χ2n) is 4.25. The van der Waals surface area contributed by atoms with Crippen LogP contribution in [0.4, 0.5) is 0 Å². The fraction of sp³-hybridized carbons (Fsp3) is 0.143. The lowest BCUT2D eigenvalue weighted by Gasteiger charge is -2.02. The normalized spacial score (nSPS) is 10.7. The highest BCUT2D eigenvalue weighted by atomic mass is 16.5. The third-order valence-corrected chi connectivity index (χ3v) is 2.88. The van der Waals surface area contributed by atoms with Gasteiger partial charge >= 0.3 is 5.97 Å². The van der Waals surface area contributed by atoms with Crippen molar-refractivity contribution in [3.05, 3.63) is 54.2 Å². The van der Waals surface area contributed by atoms with Crippen molar-refractivity contribution >= 4 is 16.9 Å². The number of hydrogen-bond acceptors (Lipinski definition) is 5. The molecule has 0 spiro atoms. The van der Waals surface area contributed by atoms with E-state index in [0.717, 1.165) is 16.6 Å². The highest BCUT2D eigenvalue weighted by Crippen LogP contribution is 2.12. The van der Waals surface area contributed by atoms with E-state index < -0.39 is 5.97 Å². The Morgan fingerprint density at radius 2 is 2.10 bits per heavy atom. The number of pyridine rings is 1. The predicted octanol–water partition coefficient (Wildman–Crippen LogP) is 1.66. The molecule has 0 N–H and O–H groups in total. The van der Waals surface area contributed by atoms with Gasteiger partial charge in [0.05, 0.1) is 24.9 Å². The summed E-state index contributed by atoms with van der Waals surface area (Å²) in [4.78, 5) is 19.7. The van der Waals surface area contributed by atoms with E-state index in [9.17, 15) is 4.79 Å². The second kappa shape index (κ2) is 5.08. The van der Waals surface area contributed by atoms with Crippen LogP contribution < -0.4 is 0 Å². The first-order valence-corrected chi connectivity index (χ1v) is 6.09. The minimum absolute atomic E-state index is 0.0493. The van der Waals surface area contributed by atoms with E-state index in [4.69, 9.17) is 0 Å². The summed E-state index contributed by atoms with van der Waals surface area (Å²) in [5.74, 6) is -0.497. The van der Waals surface area contributed by atoms with Crippen molar-refractivity contribution in [1.82, 2.24) is 19.7 Å². The molecule has 0 aliphatic rings. The zero-order valence-electron chi connectivity index (χ0n) is 10.9. The van der Waals surface area contributed by atoms with Crippen LogP contribution in [0.25, 0.3) is 10.9 Å². The number of aromatic nitrogens is 4. The number of benzene rings is 1. The molecule has 0 atom stereocenters. The van der Waals surface area contributed by atoms with Crippen LogP contribution in [0.5, 0.6) is 0 Å². The largest absolute Gasteiger partial charge is 0.463 e. The summed E-state index contributed by atoms with van der Waals surface area (Å²) in [5, 5.41) is 5.14. The summed E-state index contributed by atoms with van der Waals surface area (Å²) in [6.45, 7) is 0.453. The average molecular weight is 268 g/mol. The molecule has 1 aromatic carbocycles. The average Bonchev–Trinajstić information content (AvgIpc) is 2.95. The number of rotatable bonds is 3. The minimum atomic E-state index is -0.546. The number of carbonyl (C=O) groups is 1. The van der Waals surface area contributed by atoms with Crippen molar-refractivity contribution < 1.29 is 9.53 Å². The van der Waals surface area contributed by atoms with Crippen molar-refractivity contribution in [2.75, 3.05) is 7.11 Å². The van der Waals surface area contributed by atoms with E-state index in [0.29, 0.717) is 6.54 Å². The Kier molecular flexibility index (Phi) is 3.12. The van der Waals surface area contributed by atoms with Crippen molar-refractivity contribution in [3.63, 3.8) is 0 Å². The van der Waals surface area contributed by atoms with Crippen LogP contribution in [0, 0.1) is 0 Å². The maximum Gasteiger partial charge on any atom is 0.377 e. The highest BCUT2D eigenvalue weighted by molar-refractivity contribution is 5.84. The lowest BCUT2D eigenvalue weighted by Crippen LogP contribution is -2.07. The van der Waals surface area contributed by atoms with Gasteiger partial charge in [0.1, 0.15) is 6.33 Å². The first kappa shape index (κ1) is 12.3. The zero-order valence-corrected chi connectivity index (χ0v) is 10.9.